The largest absolute Gasteiger partial charge is 0.471 e. The van der Waals surface area contributed by atoms with Gasteiger partial charge in [-0.05, 0) is 18.9 Å². The van der Waals surface area contributed by atoms with Gasteiger partial charge in [0.1, 0.15) is 11.7 Å². The van der Waals surface area contributed by atoms with Gasteiger partial charge < -0.3 is 14.2 Å². The van der Waals surface area contributed by atoms with Crippen LogP contribution in [-0.4, -0.2) is 35.2 Å². The highest BCUT2D eigenvalue weighted by Gasteiger charge is 2.40. The van der Waals surface area contributed by atoms with E-state index in [0.29, 0.717) is 0 Å². The molecule has 0 radical (unpaired) electrons. The number of halogens is 3. The molecule has 0 N–H and O–H groups in total. The minimum Gasteiger partial charge on any atom is -0.471 e. The highest BCUT2D eigenvalue weighted by Crippen LogP contribution is 2.39. The molecule has 0 aliphatic carbocycles. The lowest BCUT2D eigenvalue weighted by atomic mass is 10.1. The monoisotopic (exact) mass is 454 g/mol. The highest BCUT2D eigenvalue weighted by atomic mass is 19.4. The summed E-state index contributed by atoms with van der Waals surface area (Å²) in [6.45, 7) is 5.24. The average molecular weight is 454 g/mol. The molecular weight excluding hydrogens is 433 g/mol. The molecule has 2 aromatic rings. The number of hydrogen-bond donors (Lipinski definition) is 0. The van der Waals surface area contributed by atoms with Crippen LogP contribution in [0.15, 0.2) is 49.1 Å². The van der Waals surface area contributed by atoms with E-state index in [1.165, 1.54) is 13.0 Å². The van der Waals surface area contributed by atoms with Crippen LogP contribution in [0.4, 0.5) is 18.9 Å². The van der Waals surface area contributed by atoms with E-state index in [1.54, 1.807) is 0 Å². The van der Waals surface area contributed by atoms with Crippen molar-refractivity contribution < 1.29 is 37.1 Å². The van der Waals surface area contributed by atoms with Crippen molar-refractivity contribution in [3.05, 3.63) is 76.0 Å². The Morgan fingerprint density at radius 2 is 1.97 bits per heavy atom. The number of carbonyl (C=O) groups is 1. The van der Waals surface area contributed by atoms with Crippen molar-refractivity contribution in [3.63, 3.8) is 0 Å². The molecule has 1 unspecified atom stereocenters. The van der Waals surface area contributed by atoms with Gasteiger partial charge in [0.2, 0.25) is 11.6 Å². The third-order valence-electron chi connectivity index (χ3n) is 4.38. The van der Waals surface area contributed by atoms with Gasteiger partial charge in [-0.3, -0.25) is 10.1 Å². The van der Waals surface area contributed by atoms with Crippen LogP contribution in [0.1, 0.15) is 35.0 Å². The molecule has 0 saturated carbocycles. The number of aromatic nitrogens is 1. The Morgan fingerprint density at radius 1 is 1.31 bits per heavy atom. The zero-order valence-corrected chi connectivity index (χ0v) is 17.3. The number of pyridine rings is 1. The van der Waals surface area contributed by atoms with E-state index >= 15 is 0 Å². The number of hydrogen-bond acceptors (Lipinski definition) is 7. The second-order valence-electron chi connectivity index (χ2n) is 6.64. The van der Waals surface area contributed by atoms with Crippen molar-refractivity contribution in [1.82, 2.24) is 4.98 Å². The summed E-state index contributed by atoms with van der Waals surface area (Å²) in [4.78, 5) is 25.4. The smallest absolute Gasteiger partial charge is 0.421 e. The lowest BCUT2D eigenvalue weighted by Crippen LogP contribution is -2.32. The molecule has 11 heteroatoms. The molecule has 2 atom stereocenters. The second kappa shape index (κ2) is 10.7. The van der Waals surface area contributed by atoms with Gasteiger partial charge in [0.25, 0.3) is 0 Å². The maximum atomic E-state index is 13.6. The molecule has 32 heavy (non-hydrogen) atoms. The fourth-order valence-corrected chi connectivity index (χ4v) is 2.75. The van der Waals surface area contributed by atoms with Gasteiger partial charge in [-0.2, -0.15) is 18.2 Å². The van der Waals surface area contributed by atoms with E-state index < -0.39 is 52.1 Å². The SMILES string of the molecule is C=CCC(OCc1ccccc1)[C@@H](C)Oc1nc(C(=O)OC)c([N+](=O)[O-])cc1C(F)(F)F. The summed E-state index contributed by atoms with van der Waals surface area (Å²) < 4.78 is 56.3. The zero-order valence-electron chi connectivity index (χ0n) is 17.3. The van der Waals surface area contributed by atoms with Gasteiger partial charge in [0.15, 0.2) is 0 Å². The van der Waals surface area contributed by atoms with Crippen LogP contribution in [0.5, 0.6) is 5.88 Å². The number of esters is 1. The number of methoxy groups -OCH3 is 1. The predicted octanol–water partition coefficient (Wildman–Crippen LogP) is 4.72. The van der Waals surface area contributed by atoms with Crippen molar-refractivity contribution in [2.45, 2.75) is 38.3 Å². The molecule has 0 aliphatic heterocycles. The second-order valence-corrected chi connectivity index (χ2v) is 6.64. The first-order valence-electron chi connectivity index (χ1n) is 9.36. The molecule has 172 valence electrons. The highest BCUT2D eigenvalue weighted by molar-refractivity contribution is 5.92. The lowest BCUT2D eigenvalue weighted by molar-refractivity contribution is -0.385. The number of nitrogens with zero attached hydrogens (tertiary/aromatic N) is 2. The minimum absolute atomic E-state index is 0.167. The Morgan fingerprint density at radius 3 is 2.50 bits per heavy atom. The summed E-state index contributed by atoms with van der Waals surface area (Å²) >= 11 is 0. The van der Waals surface area contributed by atoms with Crippen LogP contribution in [0.3, 0.4) is 0 Å². The van der Waals surface area contributed by atoms with E-state index in [-0.39, 0.29) is 19.1 Å². The summed E-state index contributed by atoms with van der Waals surface area (Å²) in [6, 6.07) is 9.29. The molecule has 2 rings (SSSR count). The Labute approximate surface area is 181 Å². The summed E-state index contributed by atoms with van der Waals surface area (Å²) in [5, 5.41) is 11.2. The summed E-state index contributed by atoms with van der Waals surface area (Å²) in [7, 11) is 0.923. The minimum atomic E-state index is -5.03. The normalized spacial score (nSPS) is 13.2. The molecule has 0 aliphatic rings. The topological polar surface area (TPSA) is 101 Å². The van der Waals surface area contributed by atoms with Crippen molar-refractivity contribution >= 4 is 11.7 Å². The van der Waals surface area contributed by atoms with Gasteiger partial charge in [-0.15, -0.1) is 6.58 Å². The van der Waals surface area contributed by atoms with Crippen LogP contribution in [0, 0.1) is 10.1 Å². The standard InChI is InChI=1S/C21H21F3N2O6/c1-4-8-17(31-12-14-9-6-5-7-10-14)13(2)32-19-15(21(22,23)24)11-16(26(28)29)18(25-19)20(27)30-3/h4-7,9-11,13,17H,1,8,12H2,2-3H3/t13-,17?/m1/s1. The van der Waals surface area contributed by atoms with E-state index in [2.05, 4.69) is 16.3 Å². The van der Waals surface area contributed by atoms with E-state index in [1.807, 2.05) is 30.3 Å². The fourth-order valence-electron chi connectivity index (χ4n) is 2.75. The van der Waals surface area contributed by atoms with Crippen molar-refractivity contribution in [2.75, 3.05) is 7.11 Å². The summed E-state index contributed by atoms with van der Waals surface area (Å²) in [6.07, 6.45) is -4.96. The molecule has 8 nitrogen and oxygen atoms in total. The number of ether oxygens (including phenoxy) is 3. The first-order valence-corrected chi connectivity index (χ1v) is 9.36. The molecule has 1 aromatic heterocycles. The quantitative estimate of drug-likeness (QED) is 0.222. The van der Waals surface area contributed by atoms with Crippen molar-refractivity contribution in [2.24, 2.45) is 0 Å². The lowest BCUT2D eigenvalue weighted by Gasteiger charge is -2.25. The van der Waals surface area contributed by atoms with Crippen LogP contribution in [-0.2, 0) is 22.3 Å². The third-order valence-corrected chi connectivity index (χ3v) is 4.38. The van der Waals surface area contributed by atoms with E-state index in [0.717, 1.165) is 12.7 Å². The van der Waals surface area contributed by atoms with Gasteiger partial charge in [-0.1, -0.05) is 36.4 Å². The number of alkyl halides is 3. The van der Waals surface area contributed by atoms with Crippen LogP contribution in [0.25, 0.3) is 0 Å². The first-order chi connectivity index (χ1) is 15.1. The molecule has 1 heterocycles. The van der Waals surface area contributed by atoms with Crippen LogP contribution < -0.4 is 4.74 Å². The molecule has 0 saturated heterocycles. The van der Waals surface area contributed by atoms with Gasteiger partial charge >= 0.3 is 17.8 Å². The summed E-state index contributed by atoms with van der Waals surface area (Å²) in [5.74, 6) is -2.26. The van der Waals surface area contributed by atoms with Crippen molar-refractivity contribution in [3.8, 4) is 5.88 Å². The number of rotatable bonds is 10. The van der Waals surface area contributed by atoms with Gasteiger partial charge in [-0.25, -0.2) is 4.79 Å². The fraction of sp³-hybridized carbons (Fsp3) is 0.333. The van der Waals surface area contributed by atoms with Crippen LogP contribution >= 0.6 is 0 Å². The molecule has 0 fully saturated rings. The first kappa shape index (κ1) is 24.8. The van der Waals surface area contributed by atoms with Crippen LogP contribution in [0.2, 0.25) is 0 Å². The van der Waals surface area contributed by atoms with E-state index in [9.17, 15) is 28.1 Å². The summed E-state index contributed by atoms with van der Waals surface area (Å²) in [5.41, 5.74) is -2.71. The Hall–Kier alpha value is -3.47. The maximum absolute atomic E-state index is 13.6. The Bertz CT molecular complexity index is 966. The number of carbonyl (C=O) groups excluding carboxylic acids is 1. The van der Waals surface area contributed by atoms with Crippen molar-refractivity contribution in [1.29, 1.82) is 0 Å². The number of nitro groups is 1. The molecule has 0 spiro atoms. The molecule has 0 amide bonds. The maximum Gasteiger partial charge on any atom is 0.421 e. The molecule has 0 bridgehead atoms. The third kappa shape index (κ3) is 6.27. The molecular formula is C21H21F3N2O6. The number of benzene rings is 1. The predicted molar refractivity (Wildman–Crippen MR) is 107 cm³/mol. The van der Waals surface area contributed by atoms with Gasteiger partial charge in [0.05, 0.1) is 24.7 Å². The average Bonchev–Trinajstić information content (AvgIpc) is 2.75. The zero-order chi connectivity index (χ0) is 23.9. The Balaban J connectivity index is 2.39. The Kier molecular flexibility index (Phi) is 8.30. The molecule has 1 aromatic carbocycles. The van der Waals surface area contributed by atoms with E-state index in [4.69, 9.17) is 9.47 Å². The van der Waals surface area contributed by atoms with Gasteiger partial charge in [0, 0.05) is 6.07 Å².